The number of ketones is 1. The molecule has 0 fully saturated rings. The molecule has 0 unspecified atom stereocenters. The van der Waals surface area contributed by atoms with Crippen LogP contribution in [0.15, 0.2) is 64.8 Å². The highest BCUT2D eigenvalue weighted by atomic mass is 35.5. The van der Waals surface area contributed by atoms with E-state index in [1.807, 2.05) is 0 Å². The van der Waals surface area contributed by atoms with Gasteiger partial charge >= 0.3 is 0 Å². The largest absolute Gasteiger partial charge is 0.494 e. The molecule has 0 radical (unpaired) electrons. The van der Waals surface area contributed by atoms with Crippen molar-refractivity contribution in [1.82, 2.24) is 0 Å². The lowest BCUT2D eigenvalue weighted by Crippen LogP contribution is -2.18. The molecule has 4 N–H and O–H groups in total. The molecule has 0 atom stereocenters. The number of halogens is 3. The van der Waals surface area contributed by atoms with Gasteiger partial charge in [0.1, 0.15) is 18.0 Å². The molecule has 2 amide bonds. The molecule has 0 saturated heterocycles. The zero-order chi connectivity index (χ0) is 26.2. The number of hydrogen-bond donors (Lipinski definition) is 3. The number of benzene rings is 3. The van der Waals surface area contributed by atoms with Gasteiger partial charge in [-0.2, -0.15) is 10.2 Å². The number of Topliss-reactive ketones (excluding diaryl/α,β-unsaturated/α-hetero) is 1. The van der Waals surface area contributed by atoms with E-state index in [1.54, 1.807) is 30.3 Å². The van der Waals surface area contributed by atoms with Crippen molar-refractivity contribution in [1.29, 1.82) is 0 Å². The van der Waals surface area contributed by atoms with E-state index in [4.69, 9.17) is 45.3 Å². The number of carbonyl (C=O) groups excluding carboxylic acids is 3. The third-order valence-electron chi connectivity index (χ3n) is 4.67. The second-order valence-corrected chi connectivity index (χ2v) is 8.62. The number of nitrogens with two attached hydrogens (primary N) is 1. The van der Waals surface area contributed by atoms with E-state index in [0.29, 0.717) is 27.8 Å². The van der Waals surface area contributed by atoms with Crippen molar-refractivity contribution in [3.8, 4) is 5.75 Å². The molecule has 3 aromatic carbocycles. The highest BCUT2D eigenvalue weighted by molar-refractivity contribution is 6.37. The number of amides is 2. The molecule has 0 bridgehead atoms. The van der Waals surface area contributed by atoms with Gasteiger partial charge in [0.05, 0.1) is 35.0 Å². The van der Waals surface area contributed by atoms with Crippen LogP contribution in [-0.2, 0) is 9.59 Å². The number of nitrogens with one attached hydrogen (secondary N) is 2. The van der Waals surface area contributed by atoms with Crippen molar-refractivity contribution in [2.24, 2.45) is 10.2 Å². The average Bonchev–Trinajstić information content (AvgIpc) is 2.83. The molecule has 9 nitrogen and oxygen atoms in total. The number of carbonyl (C=O) groups is 3. The summed E-state index contributed by atoms with van der Waals surface area (Å²) in [6.07, 6.45) is -0.426. The summed E-state index contributed by atoms with van der Waals surface area (Å²) in [4.78, 5) is 37.0. The van der Waals surface area contributed by atoms with Crippen LogP contribution in [0, 0.1) is 0 Å². The number of azo groups is 1. The Morgan fingerprint density at radius 1 is 0.917 bits per heavy atom. The average molecular weight is 549 g/mol. The first-order valence-corrected chi connectivity index (χ1v) is 11.5. The second kappa shape index (κ2) is 12.3. The van der Waals surface area contributed by atoms with E-state index in [0.717, 1.165) is 0 Å². The van der Waals surface area contributed by atoms with Gasteiger partial charge in [0.25, 0.3) is 5.91 Å². The molecule has 186 valence electrons. The lowest BCUT2D eigenvalue weighted by molar-refractivity contribution is -0.124. The lowest BCUT2D eigenvalue weighted by Gasteiger charge is -2.10. The standard InChI is InChI=1S/C24H20Cl3N5O4/c1-36-22-10-15(28)4-7-20(22)30-23(34)11-16(33)12-29-32-21-8-13(2-5-17(21)26)24(35)31-19-6-3-14(25)9-18(19)27/h2-10H,11-12,28H2,1H3,(H,30,34)(H,31,35). The van der Waals surface area contributed by atoms with E-state index >= 15 is 0 Å². The molecule has 3 aromatic rings. The maximum atomic E-state index is 12.6. The Morgan fingerprint density at radius 3 is 2.39 bits per heavy atom. The summed E-state index contributed by atoms with van der Waals surface area (Å²) in [7, 11) is 1.44. The van der Waals surface area contributed by atoms with Gasteiger partial charge in [0.15, 0.2) is 5.78 Å². The number of rotatable bonds is 9. The van der Waals surface area contributed by atoms with Crippen molar-refractivity contribution in [3.63, 3.8) is 0 Å². The van der Waals surface area contributed by atoms with Gasteiger partial charge < -0.3 is 21.1 Å². The highest BCUT2D eigenvalue weighted by Crippen LogP contribution is 2.29. The van der Waals surface area contributed by atoms with Gasteiger partial charge in [-0.25, -0.2) is 0 Å². The van der Waals surface area contributed by atoms with Crippen LogP contribution in [0.1, 0.15) is 16.8 Å². The van der Waals surface area contributed by atoms with E-state index in [9.17, 15) is 14.4 Å². The van der Waals surface area contributed by atoms with Gasteiger partial charge in [-0.1, -0.05) is 34.8 Å². The molecule has 0 spiro atoms. The first-order valence-electron chi connectivity index (χ1n) is 10.3. The second-order valence-electron chi connectivity index (χ2n) is 7.37. The number of nitrogen functional groups attached to an aromatic ring is 1. The molecule has 0 aliphatic rings. The van der Waals surface area contributed by atoms with Crippen LogP contribution < -0.4 is 21.1 Å². The first-order chi connectivity index (χ1) is 17.2. The van der Waals surface area contributed by atoms with Gasteiger partial charge in [0, 0.05) is 22.3 Å². The van der Waals surface area contributed by atoms with Crippen LogP contribution in [-0.4, -0.2) is 31.3 Å². The molecule has 0 aromatic heterocycles. The van der Waals surface area contributed by atoms with Crippen LogP contribution in [0.25, 0.3) is 0 Å². The molecular formula is C24H20Cl3N5O4. The monoisotopic (exact) mass is 547 g/mol. The Bertz CT molecular complexity index is 1350. The van der Waals surface area contributed by atoms with E-state index < -0.39 is 24.0 Å². The minimum atomic E-state index is -0.546. The zero-order valence-corrected chi connectivity index (χ0v) is 21.1. The fourth-order valence-electron chi connectivity index (χ4n) is 2.95. The fourth-order valence-corrected chi connectivity index (χ4v) is 3.56. The normalized spacial score (nSPS) is 10.8. The fraction of sp³-hybridized carbons (Fsp3) is 0.125. The summed E-state index contributed by atoms with van der Waals surface area (Å²) < 4.78 is 5.16. The quantitative estimate of drug-likeness (QED) is 0.167. The van der Waals surface area contributed by atoms with Crippen molar-refractivity contribution in [2.45, 2.75) is 6.42 Å². The summed E-state index contributed by atoms with van der Waals surface area (Å²) in [5.41, 5.74) is 7.33. The van der Waals surface area contributed by atoms with E-state index in [2.05, 4.69) is 20.9 Å². The molecule has 0 heterocycles. The molecule has 12 heteroatoms. The van der Waals surface area contributed by atoms with Crippen molar-refractivity contribution < 1.29 is 19.1 Å². The Kier molecular flexibility index (Phi) is 9.24. The number of methoxy groups -OCH3 is 1. The number of nitrogens with zero attached hydrogens (tertiary/aromatic N) is 2. The third kappa shape index (κ3) is 7.42. The van der Waals surface area contributed by atoms with Gasteiger partial charge in [-0.05, 0) is 48.5 Å². The smallest absolute Gasteiger partial charge is 0.255 e. The summed E-state index contributed by atoms with van der Waals surface area (Å²) in [5, 5.41) is 13.9. The Balaban J connectivity index is 1.59. The number of hydrogen-bond acceptors (Lipinski definition) is 7. The van der Waals surface area contributed by atoms with E-state index in [-0.39, 0.29) is 27.8 Å². The molecule has 0 aliphatic heterocycles. The maximum absolute atomic E-state index is 12.6. The minimum absolute atomic E-state index is 0.176. The first kappa shape index (κ1) is 26.9. The summed E-state index contributed by atoms with van der Waals surface area (Å²) in [5.74, 6) is -1.12. The molecule has 3 rings (SSSR count). The molecule has 0 saturated carbocycles. The summed E-state index contributed by atoms with van der Waals surface area (Å²) in [6.45, 7) is -0.362. The molecule has 0 aliphatic carbocycles. The Hall–Kier alpha value is -3.66. The van der Waals surface area contributed by atoms with Gasteiger partial charge in [-0.15, -0.1) is 0 Å². The summed E-state index contributed by atoms with van der Waals surface area (Å²) in [6, 6.07) is 13.8. The predicted molar refractivity (Wildman–Crippen MR) is 141 cm³/mol. The third-order valence-corrected chi connectivity index (χ3v) is 5.54. The number of anilines is 3. The van der Waals surface area contributed by atoms with Crippen LogP contribution in [0.4, 0.5) is 22.7 Å². The van der Waals surface area contributed by atoms with Crippen LogP contribution in [0.5, 0.6) is 5.75 Å². The van der Waals surface area contributed by atoms with Crippen molar-refractivity contribution in [3.05, 3.63) is 75.2 Å². The van der Waals surface area contributed by atoms with Gasteiger partial charge in [-0.3, -0.25) is 14.4 Å². The highest BCUT2D eigenvalue weighted by Gasteiger charge is 2.14. The summed E-state index contributed by atoms with van der Waals surface area (Å²) >= 11 is 18.1. The van der Waals surface area contributed by atoms with Crippen LogP contribution in [0.2, 0.25) is 15.1 Å². The molecule has 36 heavy (non-hydrogen) atoms. The topological polar surface area (TPSA) is 135 Å². The minimum Gasteiger partial charge on any atom is -0.494 e. The predicted octanol–water partition coefficient (Wildman–Crippen LogP) is 6.17. The van der Waals surface area contributed by atoms with Gasteiger partial charge in [0.2, 0.25) is 5.91 Å². The Morgan fingerprint density at radius 2 is 1.67 bits per heavy atom. The van der Waals surface area contributed by atoms with Crippen LogP contribution >= 0.6 is 34.8 Å². The lowest BCUT2D eigenvalue weighted by atomic mass is 10.2. The SMILES string of the molecule is COc1cc(N)ccc1NC(=O)CC(=O)CN=Nc1cc(C(=O)Nc2ccc(Cl)cc2Cl)ccc1Cl. The Labute approximate surface area is 221 Å². The maximum Gasteiger partial charge on any atom is 0.255 e. The zero-order valence-electron chi connectivity index (χ0n) is 18.8. The number of ether oxygens (including phenoxy) is 1. The van der Waals surface area contributed by atoms with Crippen molar-refractivity contribution >= 4 is 75.1 Å². The van der Waals surface area contributed by atoms with Crippen LogP contribution in [0.3, 0.4) is 0 Å². The molecular weight excluding hydrogens is 529 g/mol. The van der Waals surface area contributed by atoms with E-state index in [1.165, 1.54) is 31.4 Å². The van der Waals surface area contributed by atoms with Crippen molar-refractivity contribution in [2.75, 3.05) is 30.0 Å².